The van der Waals surface area contributed by atoms with E-state index in [4.69, 9.17) is 4.74 Å². The number of methoxy groups -OCH3 is 1. The molecule has 1 aromatic carbocycles. The first-order chi connectivity index (χ1) is 9.42. The molecule has 112 valence electrons. The maximum atomic E-state index is 12.2. The summed E-state index contributed by atoms with van der Waals surface area (Å²) in [7, 11) is 1.53. The van der Waals surface area contributed by atoms with Gasteiger partial charge in [0.15, 0.2) is 5.75 Å². The zero-order valence-corrected chi connectivity index (χ0v) is 10.8. The van der Waals surface area contributed by atoms with Crippen molar-refractivity contribution in [3.8, 4) is 5.75 Å². The summed E-state index contributed by atoms with van der Waals surface area (Å²) >= 11 is 0. The molecule has 0 unspecified atom stereocenters. The molecule has 0 atom stereocenters. The van der Waals surface area contributed by atoms with Crippen LogP contribution in [0.25, 0.3) is 0 Å². The van der Waals surface area contributed by atoms with Gasteiger partial charge in [0.05, 0.1) is 5.69 Å². The zero-order chi connectivity index (χ0) is 15.0. The maximum Gasteiger partial charge on any atom is 0.573 e. The molecule has 0 aliphatic carbocycles. The van der Waals surface area contributed by atoms with Crippen LogP contribution in [-0.4, -0.2) is 32.7 Å². The Bertz CT molecular complexity index is 438. The fraction of sp³-hybridized carbons (Fsp3) is 0.417. The summed E-state index contributed by atoms with van der Waals surface area (Å²) in [5.74, 6) is -0.466. The molecule has 0 aromatic heterocycles. The van der Waals surface area contributed by atoms with Crippen molar-refractivity contribution >= 4 is 11.7 Å². The molecule has 0 radical (unpaired) electrons. The van der Waals surface area contributed by atoms with Crippen molar-refractivity contribution in [1.29, 1.82) is 0 Å². The summed E-state index contributed by atoms with van der Waals surface area (Å²) in [6.45, 7) is 0.829. The summed E-state index contributed by atoms with van der Waals surface area (Å²) in [5, 5.41) is 4.78. The highest BCUT2D eigenvalue weighted by Gasteiger charge is 2.32. The van der Waals surface area contributed by atoms with Crippen molar-refractivity contribution in [2.45, 2.75) is 12.8 Å². The Balaban J connectivity index is 2.56. The minimum absolute atomic E-state index is 0.0610. The van der Waals surface area contributed by atoms with Crippen LogP contribution in [0.15, 0.2) is 24.3 Å². The molecule has 0 aliphatic heterocycles. The Morgan fingerprint density at radius 3 is 2.65 bits per heavy atom. The largest absolute Gasteiger partial charge is 0.573 e. The molecular formula is C12H15F3N2O3. The quantitative estimate of drug-likeness (QED) is 0.793. The van der Waals surface area contributed by atoms with Crippen LogP contribution in [0.1, 0.15) is 6.42 Å². The lowest BCUT2D eigenvalue weighted by molar-refractivity contribution is -0.274. The number of alkyl halides is 3. The normalized spacial score (nSPS) is 11.0. The van der Waals surface area contributed by atoms with E-state index in [1.54, 1.807) is 0 Å². The summed E-state index contributed by atoms with van der Waals surface area (Å²) in [6.07, 6.45) is -4.21. The third kappa shape index (κ3) is 6.28. The van der Waals surface area contributed by atoms with Gasteiger partial charge in [0.1, 0.15) is 0 Å². The van der Waals surface area contributed by atoms with Gasteiger partial charge in [0, 0.05) is 20.3 Å². The summed E-state index contributed by atoms with van der Waals surface area (Å²) < 4.78 is 45.2. The van der Waals surface area contributed by atoms with E-state index in [0.717, 1.165) is 6.07 Å². The highest BCUT2D eigenvalue weighted by atomic mass is 19.4. The fourth-order valence-corrected chi connectivity index (χ4v) is 1.37. The smallest absolute Gasteiger partial charge is 0.404 e. The van der Waals surface area contributed by atoms with Crippen LogP contribution in [0.3, 0.4) is 0 Å². The first-order valence-corrected chi connectivity index (χ1v) is 5.81. The number of rotatable bonds is 6. The number of para-hydroxylation sites is 2. The first-order valence-electron chi connectivity index (χ1n) is 5.81. The van der Waals surface area contributed by atoms with Gasteiger partial charge in [-0.25, -0.2) is 4.79 Å². The molecule has 5 nitrogen and oxygen atoms in total. The Labute approximate surface area is 114 Å². The first kappa shape index (κ1) is 16.1. The summed E-state index contributed by atoms with van der Waals surface area (Å²) in [4.78, 5) is 11.5. The van der Waals surface area contributed by atoms with Crippen molar-refractivity contribution in [3.63, 3.8) is 0 Å². The standard InChI is InChI=1S/C12H15F3N2O3/c1-19-8-4-7-16-11(18)17-9-5-2-3-6-10(9)20-12(13,14)15/h2-3,5-6H,4,7-8H2,1H3,(H2,16,17,18). The second-order valence-corrected chi connectivity index (χ2v) is 3.77. The van der Waals surface area contributed by atoms with Crippen molar-refractivity contribution in [3.05, 3.63) is 24.3 Å². The minimum atomic E-state index is -4.81. The molecule has 8 heteroatoms. The molecule has 0 heterocycles. The SMILES string of the molecule is COCCCNC(=O)Nc1ccccc1OC(F)(F)F. The number of urea groups is 1. The van der Waals surface area contributed by atoms with E-state index < -0.39 is 18.1 Å². The van der Waals surface area contributed by atoms with E-state index in [-0.39, 0.29) is 5.69 Å². The van der Waals surface area contributed by atoms with Gasteiger partial charge < -0.3 is 20.1 Å². The van der Waals surface area contributed by atoms with Crippen LogP contribution in [0, 0.1) is 0 Å². The molecule has 1 rings (SSSR count). The average molecular weight is 292 g/mol. The highest BCUT2D eigenvalue weighted by molar-refractivity contribution is 5.90. The van der Waals surface area contributed by atoms with Gasteiger partial charge in [-0.3, -0.25) is 0 Å². The zero-order valence-electron chi connectivity index (χ0n) is 10.8. The van der Waals surface area contributed by atoms with Gasteiger partial charge >= 0.3 is 12.4 Å². The predicted octanol–water partition coefficient (Wildman–Crippen LogP) is 2.74. The number of hydrogen-bond acceptors (Lipinski definition) is 3. The van der Waals surface area contributed by atoms with Gasteiger partial charge in [-0.2, -0.15) is 0 Å². The predicted molar refractivity (Wildman–Crippen MR) is 66.6 cm³/mol. The number of halogens is 3. The fourth-order valence-electron chi connectivity index (χ4n) is 1.37. The van der Waals surface area contributed by atoms with E-state index in [0.29, 0.717) is 19.6 Å². The number of amides is 2. The molecular weight excluding hydrogens is 277 g/mol. The third-order valence-electron chi connectivity index (χ3n) is 2.17. The molecule has 2 amide bonds. The second-order valence-electron chi connectivity index (χ2n) is 3.77. The summed E-state index contributed by atoms with van der Waals surface area (Å²) in [5.41, 5.74) is -0.0610. The molecule has 0 saturated heterocycles. The molecule has 2 N–H and O–H groups in total. The van der Waals surface area contributed by atoms with E-state index in [1.165, 1.54) is 25.3 Å². The van der Waals surface area contributed by atoms with Crippen LogP contribution in [0.5, 0.6) is 5.75 Å². The molecule has 0 fully saturated rings. The molecule has 0 bridgehead atoms. The van der Waals surface area contributed by atoms with Crippen LogP contribution in [0.4, 0.5) is 23.7 Å². The van der Waals surface area contributed by atoms with E-state index in [9.17, 15) is 18.0 Å². The molecule has 0 saturated carbocycles. The number of hydrogen-bond donors (Lipinski definition) is 2. The van der Waals surface area contributed by atoms with Crippen LogP contribution >= 0.6 is 0 Å². The number of benzene rings is 1. The van der Waals surface area contributed by atoms with Crippen LogP contribution in [-0.2, 0) is 4.74 Å². The Morgan fingerprint density at radius 1 is 1.30 bits per heavy atom. The van der Waals surface area contributed by atoms with Gasteiger partial charge in [-0.05, 0) is 18.6 Å². The molecule has 0 spiro atoms. The molecule has 0 aliphatic rings. The Kier molecular flexibility index (Phi) is 6.10. The van der Waals surface area contributed by atoms with E-state index in [1.807, 2.05) is 0 Å². The van der Waals surface area contributed by atoms with Crippen LogP contribution < -0.4 is 15.4 Å². The van der Waals surface area contributed by atoms with Gasteiger partial charge in [-0.15, -0.1) is 13.2 Å². The van der Waals surface area contributed by atoms with E-state index >= 15 is 0 Å². The number of ether oxygens (including phenoxy) is 2. The van der Waals surface area contributed by atoms with Crippen molar-refractivity contribution in [2.24, 2.45) is 0 Å². The lowest BCUT2D eigenvalue weighted by Crippen LogP contribution is -2.30. The number of carbonyl (C=O) groups is 1. The number of nitrogens with one attached hydrogen (secondary N) is 2. The topological polar surface area (TPSA) is 59.6 Å². The molecule has 20 heavy (non-hydrogen) atoms. The monoisotopic (exact) mass is 292 g/mol. The van der Waals surface area contributed by atoms with E-state index in [2.05, 4.69) is 15.4 Å². The maximum absolute atomic E-state index is 12.2. The molecule has 1 aromatic rings. The minimum Gasteiger partial charge on any atom is -0.404 e. The van der Waals surface area contributed by atoms with Gasteiger partial charge in [-0.1, -0.05) is 12.1 Å². The third-order valence-corrected chi connectivity index (χ3v) is 2.17. The number of anilines is 1. The van der Waals surface area contributed by atoms with Crippen molar-refractivity contribution in [1.82, 2.24) is 5.32 Å². The Hall–Kier alpha value is -1.96. The lowest BCUT2D eigenvalue weighted by atomic mass is 10.3. The average Bonchev–Trinajstić information content (AvgIpc) is 2.35. The lowest BCUT2D eigenvalue weighted by Gasteiger charge is -2.14. The van der Waals surface area contributed by atoms with Crippen molar-refractivity contribution in [2.75, 3.05) is 25.6 Å². The van der Waals surface area contributed by atoms with Crippen LogP contribution in [0.2, 0.25) is 0 Å². The summed E-state index contributed by atoms with van der Waals surface area (Å²) in [6, 6.07) is 4.69. The van der Waals surface area contributed by atoms with Crippen molar-refractivity contribution < 1.29 is 27.4 Å². The number of carbonyl (C=O) groups excluding carboxylic acids is 1. The second kappa shape index (κ2) is 7.59. The highest BCUT2D eigenvalue weighted by Crippen LogP contribution is 2.29. The Morgan fingerprint density at radius 2 is 2.00 bits per heavy atom. The van der Waals surface area contributed by atoms with Gasteiger partial charge in [0.2, 0.25) is 0 Å². The van der Waals surface area contributed by atoms with Gasteiger partial charge in [0.25, 0.3) is 0 Å².